The number of hydrogen-bond acceptors (Lipinski definition) is 4. The number of urea groups is 1. The minimum absolute atomic E-state index is 0.230. The number of aromatic nitrogens is 2. The second kappa shape index (κ2) is 4.13. The lowest BCUT2D eigenvalue weighted by Crippen LogP contribution is -2.53. The summed E-state index contributed by atoms with van der Waals surface area (Å²) in [4.78, 5) is 38.5. The largest absolute Gasteiger partial charge is 0.336 e. The number of nitrogens with one attached hydrogen (secondary N) is 1. The molecule has 0 aromatic carbocycles. The van der Waals surface area contributed by atoms with Crippen LogP contribution in [0, 0.1) is 0 Å². The first-order valence-electron chi connectivity index (χ1n) is 4.77. The Morgan fingerprint density at radius 3 is 2.75 bits per heavy atom. The second-order valence-electron chi connectivity index (χ2n) is 3.38. The van der Waals surface area contributed by atoms with Gasteiger partial charge < -0.3 is 4.57 Å². The fourth-order valence-electron chi connectivity index (χ4n) is 1.44. The molecular weight excluding hydrogens is 212 g/mol. The molecule has 0 saturated carbocycles. The molecule has 0 bridgehead atoms. The molecule has 1 aliphatic heterocycles. The van der Waals surface area contributed by atoms with E-state index in [1.165, 1.54) is 0 Å². The maximum absolute atomic E-state index is 11.4. The number of amides is 4. The minimum atomic E-state index is -0.652. The van der Waals surface area contributed by atoms with Gasteiger partial charge in [-0.3, -0.25) is 19.8 Å². The fourth-order valence-corrected chi connectivity index (χ4v) is 1.44. The molecule has 0 spiro atoms. The average Bonchev–Trinajstić information content (AvgIpc) is 2.68. The van der Waals surface area contributed by atoms with Crippen LogP contribution in [-0.4, -0.2) is 38.8 Å². The quantitative estimate of drug-likeness (QED) is 0.689. The van der Waals surface area contributed by atoms with E-state index in [1.54, 1.807) is 23.3 Å². The zero-order chi connectivity index (χ0) is 11.5. The van der Waals surface area contributed by atoms with Crippen LogP contribution in [-0.2, 0) is 16.1 Å². The SMILES string of the molecule is O=C1CC(=O)N(CCn2ccnc2)C(=O)N1. The van der Waals surface area contributed by atoms with E-state index >= 15 is 0 Å². The van der Waals surface area contributed by atoms with Gasteiger partial charge in [0.2, 0.25) is 11.8 Å². The summed E-state index contributed by atoms with van der Waals surface area (Å²) >= 11 is 0. The highest BCUT2D eigenvalue weighted by molar-refractivity contribution is 6.14. The van der Waals surface area contributed by atoms with Gasteiger partial charge in [0.25, 0.3) is 0 Å². The Bertz CT molecular complexity index is 406. The molecule has 2 rings (SSSR count). The normalized spacial score (nSPS) is 16.5. The molecule has 1 aliphatic rings. The lowest BCUT2D eigenvalue weighted by atomic mass is 10.3. The maximum atomic E-state index is 11.4. The third kappa shape index (κ3) is 2.08. The van der Waals surface area contributed by atoms with Crippen LogP contribution in [0.15, 0.2) is 18.7 Å². The summed E-state index contributed by atoms with van der Waals surface area (Å²) in [5, 5.41) is 2.09. The Balaban J connectivity index is 1.96. The van der Waals surface area contributed by atoms with Gasteiger partial charge in [0.15, 0.2) is 0 Å². The van der Waals surface area contributed by atoms with Crippen molar-refractivity contribution in [1.82, 2.24) is 19.8 Å². The molecule has 0 atom stereocenters. The molecule has 7 heteroatoms. The van der Waals surface area contributed by atoms with Gasteiger partial charge in [-0.2, -0.15) is 0 Å². The fraction of sp³-hybridized carbons (Fsp3) is 0.333. The van der Waals surface area contributed by atoms with E-state index in [4.69, 9.17) is 0 Å². The van der Waals surface area contributed by atoms with Crippen molar-refractivity contribution in [2.75, 3.05) is 6.54 Å². The number of carbonyl (C=O) groups excluding carboxylic acids is 3. The van der Waals surface area contributed by atoms with E-state index < -0.39 is 17.8 Å². The van der Waals surface area contributed by atoms with Gasteiger partial charge in [-0.05, 0) is 0 Å². The molecule has 4 amide bonds. The number of rotatable bonds is 3. The summed E-state index contributed by atoms with van der Waals surface area (Å²) in [6, 6.07) is -0.652. The summed E-state index contributed by atoms with van der Waals surface area (Å²) in [6.45, 7) is 0.696. The van der Waals surface area contributed by atoms with E-state index in [0.717, 1.165) is 4.90 Å². The Labute approximate surface area is 91.0 Å². The van der Waals surface area contributed by atoms with Crippen molar-refractivity contribution >= 4 is 17.8 Å². The minimum Gasteiger partial charge on any atom is -0.336 e. The lowest BCUT2D eigenvalue weighted by Gasteiger charge is -2.24. The van der Waals surface area contributed by atoms with Crippen LogP contribution in [0.1, 0.15) is 6.42 Å². The zero-order valence-corrected chi connectivity index (χ0v) is 8.42. The summed E-state index contributed by atoms with van der Waals surface area (Å²) in [6.07, 6.45) is 4.67. The monoisotopic (exact) mass is 222 g/mol. The first kappa shape index (κ1) is 10.3. The van der Waals surface area contributed by atoms with Gasteiger partial charge in [0, 0.05) is 25.5 Å². The number of imidazole rings is 1. The predicted molar refractivity (Wildman–Crippen MR) is 52.1 cm³/mol. The topological polar surface area (TPSA) is 84.3 Å². The highest BCUT2D eigenvalue weighted by Crippen LogP contribution is 2.03. The highest BCUT2D eigenvalue weighted by atomic mass is 16.2. The Hall–Kier alpha value is -2.18. The molecule has 0 unspecified atom stereocenters. The third-order valence-electron chi connectivity index (χ3n) is 2.25. The standard InChI is InChI=1S/C9H10N4O3/c14-7-5-8(15)13(9(16)11-7)4-3-12-2-1-10-6-12/h1-2,6H,3-5H2,(H,11,14,16). The lowest BCUT2D eigenvalue weighted by molar-refractivity contribution is -0.136. The molecule has 1 fully saturated rings. The smallest absolute Gasteiger partial charge is 0.330 e. The van der Waals surface area contributed by atoms with Gasteiger partial charge in [-0.1, -0.05) is 0 Å². The van der Waals surface area contributed by atoms with Crippen molar-refractivity contribution in [3.05, 3.63) is 18.7 Å². The Morgan fingerprint density at radius 2 is 2.12 bits per heavy atom. The van der Waals surface area contributed by atoms with Crippen LogP contribution in [0.3, 0.4) is 0 Å². The van der Waals surface area contributed by atoms with Gasteiger partial charge in [0.1, 0.15) is 6.42 Å². The molecule has 1 N–H and O–H groups in total. The summed E-state index contributed by atoms with van der Waals surface area (Å²) < 4.78 is 1.75. The molecule has 7 nitrogen and oxygen atoms in total. The van der Waals surface area contributed by atoms with E-state index in [1.807, 2.05) is 0 Å². The van der Waals surface area contributed by atoms with Crippen molar-refractivity contribution in [1.29, 1.82) is 0 Å². The predicted octanol–water partition coefficient (Wildman–Crippen LogP) is -0.648. The molecule has 0 aliphatic carbocycles. The Morgan fingerprint density at radius 1 is 1.31 bits per heavy atom. The number of imide groups is 2. The Kier molecular flexibility index (Phi) is 2.67. The van der Waals surface area contributed by atoms with Crippen LogP contribution in [0.5, 0.6) is 0 Å². The molecule has 2 heterocycles. The highest BCUT2D eigenvalue weighted by Gasteiger charge is 2.30. The molecule has 1 saturated heterocycles. The summed E-state index contributed by atoms with van der Waals surface area (Å²) in [5.41, 5.74) is 0. The van der Waals surface area contributed by atoms with Crippen LogP contribution >= 0.6 is 0 Å². The van der Waals surface area contributed by atoms with Gasteiger partial charge in [0.05, 0.1) is 6.33 Å². The van der Waals surface area contributed by atoms with E-state index in [2.05, 4.69) is 10.3 Å². The molecule has 16 heavy (non-hydrogen) atoms. The molecule has 0 radical (unpaired) electrons. The molecule has 1 aromatic rings. The summed E-state index contributed by atoms with van der Waals surface area (Å²) in [7, 11) is 0. The number of barbiturate groups is 1. The van der Waals surface area contributed by atoms with Crippen molar-refractivity contribution in [3.63, 3.8) is 0 Å². The average molecular weight is 222 g/mol. The number of carbonyl (C=O) groups is 3. The van der Waals surface area contributed by atoms with E-state index in [0.29, 0.717) is 6.54 Å². The van der Waals surface area contributed by atoms with Crippen molar-refractivity contribution in [2.24, 2.45) is 0 Å². The molecular formula is C9H10N4O3. The van der Waals surface area contributed by atoms with Crippen LogP contribution in [0.2, 0.25) is 0 Å². The first-order chi connectivity index (χ1) is 7.66. The third-order valence-corrected chi connectivity index (χ3v) is 2.25. The van der Waals surface area contributed by atoms with Crippen molar-refractivity contribution in [3.8, 4) is 0 Å². The first-order valence-corrected chi connectivity index (χ1v) is 4.77. The number of hydrogen-bond donors (Lipinski definition) is 1. The van der Waals surface area contributed by atoms with E-state index in [-0.39, 0.29) is 13.0 Å². The number of nitrogens with zero attached hydrogens (tertiary/aromatic N) is 3. The summed E-state index contributed by atoms with van der Waals surface area (Å²) in [5.74, 6) is -1.01. The van der Waals surface area contributed by atoms with Gasteiger partial charge in [-0.25, -0.2) is 9.78 Å². The van der Waals surface area contributed by atoms with Gasteiger partial charge in [-0.15, -0.1) is 0 Å². The van der Waals surface area contributed by atoms with Gasteiger partial charge >= 0.3 is 6.03 Å². The van der Waals surface area contributed by atoms with Crippen molar-refractivity contribution in [2.45, 2.75) is 13.0 Å². The second-order valence-corrected chi connectivity index (χ2v) is 3.38. The van der Waals surface area contributed by atoms with Crippen LogP contribution in [0.25, 0.3) is 0 Å². The molecule has 1 aromatic heterocycles. The van der Waals surface area contributed by atoms with Crippen LogP contribution in [0.4, 0.5) is 4.79 Å². The van der Waals surface area contributed by atoms with Crippen LogP contribution < -0.4 is 5.32 Å². The molecule has 84 valence electrons. The zero-order valence-electron chi connectivity index (χ0n) is 8.42. The van der Waals surface area contributed by atoms with Crippen molar-refractivity contribution < 1.29 is 14.4 Å². The van der Waals surface area contributed by atoms with E-state index in [9.17, 15) is 14.4 Å². The maximum Gasteiger partial charge on any atom is 0.330 e.